The van der Waals surface area contributed by atoms with Crippen LogP contribution in [0.5, 0.6) is 0 Å². The molecule has 1 fully saturated rings. The number of hydrogen-bond donors (Lipinski definition) is 2. The number of nitrogens with one attached hydrogen (secondary N) is 1. The predicted molar refractivity (Wildman–Crippen MR) is 82.0 cm³/mol. The molecule has 24 heavy (non-hydrogen) atoms. The Kier molecular flexibility index (Phi) is 6.02. The Labute approximate surface area is 138 Å². The minimum atomic E-state index is -0.723. The highest BCUT2D eigenvalue weighted by molar-refractivity contribution is 6.01. The number of amides is 3. The summed E-state index contributed by atoms with van der Waals surface area (Å²) in [4.78, 5) is 50.6. The number of rotatable bonds is 7. The fourth-order valence-electron chi connectivity index (χ4n) is 2.12. The van der Waals surface area contributed by atoms with Crippen molar-refractivity contribution in [3.63, 3.8) is 0 Å². The molecular weight excluding hydrogens is 316 g/mol. The molecule has 3 amide bonds. The summed E-state index contributed by atoms with van der Waals surface area (Å²) in [6, 6.07) is 6.72. The third-order valence-electron chi connectivity index (χ3n) is 3.40. The second-order valence-corrected chi connectivity index (χ2v) is 5.30. The van der Waals surface area contributed by atoms with Crippen molar-refractivity contribution in [2.24, 2.45) is 0 Å². The van der Waals surface area contributed by atoms with Crippen LogP contribution in [0.15, 0.2) is 24.3 Å². The molecule has 0 bridgehead atoms. The molecule has 0 radical (unpaired) electrons. The largest absolute Gasteiger partial charge is 0.392 e. The molecule has 2 N–H and O–H groups in total. The van der Waals surface area contributed by atoms with Gasteiger partial charge in [-0.25, -0.2) is 4.79 Å². The summed E-state index contributed by atoms with van der Waals surface area (Å²) in [6.07, 6.45) is 0.343. The van der Waals surface area contributed by atoms with Gasteiger partial charge >= 0.3 is 5.97 Å². The van der Waals surface area contributed by atoms with E-state index in [9.17, 15) is 19.2 Å². The lowest BCUT2D eigenvalue weighted by atomic mass is 10.2. The average molecular weight is 334 g/mol. The van der Waals surface area contributed by atoms with E-state index in [1.807, 2.05) is 0 Å². The van der Waals surface area contributed by atoms with E-state index in [0.29, 0.717) is 10.8 Å². The number of benzene rings is 1. The zero-order valence-electron chi connectivity index (χ0n) is 13.0. The molecule has 8 nitrogen and oxygen atoms in total. The molecule has 1 aliphatic heterocycles. The van der Waals surface area contributed by atoms with Crippen LogP contribution in [-0.4, -0.2) is 33.9 Å². The standard InChI is InChI=1S/C16H18N2O6/c19-10-11-4-6-12(7-5-11)17-13(20)2-1-3-16(23)24-18-14(21)8-9-15(18)22/h4-7,19H,1-3,8-10H2,(H,17,20). The SMILES string of the molecule is O=C(CCCC(=O)ON1C(=O)CCC1=O)Nc1ccc(CO)cc1. The smallest absolute Gasteiger partial charge is 0.333 e. The molecule has 2 rings (SSSR count). The summed E-state index contributed by atoms with van der Waals surface area (Å²) in [5, 5.41) is 12.1. The molecule has 0 atom stereocenters. The van der Waals surface area contributed by atoms with Gasteiger partial charge in [-0.3, -0.25) is 14.4 Å². The monoisotopic (exact) mass is 334 g/mol. The number of hydroxylamine groups is 2. The van der Waals surface area contributed by atoms with E-state index in [2.05, 4.69) is 5.32 Å². The molecule has 1 aliphatic rings. The normalized spacial score (nSPS) is 14.0. The fraction of sp³-hybridized carbons (Fsp3) is 0.375. The maximum atomic E-state index is 11.8. The number of aliphatic hydroxyl groups is 1. The van der Waals surface area contributed by atoms with Gasteiger partial charge in [-0.05, 0) is 24.1 Å². The Morgan fingerprint density at radius 3 is 2.29 bits per heavy atom. The van der Waals surface area contributed by atoms with Crippen molar-refractivity contribution in [2.45, 2.75) is 38.7 Å². The zero-order valence-corrected chi connectivity index (χ0v) is 13.0. The minimum absolute atomic E-state index is 0.0452. The third kappa shape index (κ3) is 4.88. The summed E-state index contributed by atoms with van der Waals surface area (Å²) in [6.45, 7) is -0.0711. The molecule has 0 aromatic heterocycles. The first-order chi connectivity index (χ1) is 11.5. The van der Waals surface area contributed by atoms with Crippen LogP contribution in [0.4, 0.5) is 5.69 Å². The van der Waals surface area contributed by atoms with Crippen molar-refractivity contribution >= 4 is 29.4 Å². The van der Waals surface area contributed by atoms with Gasteiger partial charge in [-0.2, -0.15) is 0 Å². The molecule has 0 spiro atoms. The summed E-state index contributed by atoms with van der Waals surface area (Å²) in [5.74, 6) is -2.05. The third-order valence-corrected chi connectivity index (χ3v) is 3.40. The highest BCUT2D eigenvalue weighted by atomic mass is 16.7. The van der Waals surface area contributed by atoms with Gasteiger partial charge in [0.2, 0.25) is 5.91 Å². The van der Waals surface area contributed by atoms with E-state index < -0.39 is 17.8 Å². The molecule has 128 valence electrons. The van der Waals surface area contributed by atoms with E-state index in [1.54, 1.807) is 24.3 Å². The molecule has 8 heteroatoms. The van der Waals surface area contributed by atoms with E-state index in [0.717, 1.165) is 5.56 Å². The molecule has 0 unspecified atom stereocenters. The van der Waals surface area contributed by atoms with Crippen molar-refractivity contribution in [3.05, 3.63) is 29.8 Å². The minimum Gasteiger partial charge on any atom is -0.392 e. The topological polar surface area (TPSA) is 113 Å². The molecule has 0 aliphatic carbocycles. The number of nitrogens with zero attached hydrogens (tertiary/aromatic N) is 1. The lowest BCUT2D eigenvalue weighted by molar-refractivity contribution is -0.197. The van der Waals surface area contributed by atoms with Crippen LogP contribution in [0.3, 0.4) is 0 Å². The average Bonchev–Trinajstić information content (AvgIpc) is 2.87. The molecule has 0 saturated carbocycles. The Balaban J connectivity index is 1.69. The second-order valence-electron chi connectivity index (χ2n) is 5.30. The molecule has 1 aromatic carbocycles. The summed E-state index contributed by atoms with van der Waals surface area (Å²) in [7, 11) is 0. The van der Waals surface area contributed by atoms with Gasteiger partial charge in [-0.1, -0.05) is 12.1 Å². The first kappa shape index (κ1) is 17.6. The van der Waals surface area contributed by atoms with Crippen LogP contribution in [0.25, 0.3) is 0 Å². The van der Waals surface area contributed by atoms with Gasteiger partial charge in [0.15, 0.2) is 0 Å². The second kappa shape index (κ2) is 8.21. The van der Waals surface area contributed by atoms with Gasteiger partial charge in [0, 0.05) is 31.4 Å². The maximum Gasteiger partial charge on any atom is 0.333 e. The van der Waals surface area contributed by atoms with Crippen molar-refractivity contribution in [2.75, 3.05) is 5.32 Å². The highest BCUT2D eigenvalue weighted by Gasteiger charge is 2.32. The molecule has 1 saturated heterocycles. The lowest BCUT2D eigenvalue weighted by Gasteiger charge is -2.12. The maximum absolute atomic E-state index is 11.8. The number of hydrogen-bond acceptors (Lipinski definition) is 6. The number of carbonyl (C=O) groups excluding carboxylic acids is 4. The van der Waals surface area contributed by atoms with Crippen LogP contribution in [0.2, 0.25) is 0 Å². The van der Waals surface area contributed by atoms with Crippen LogP contribution >= 0.6 is 0 Å². The summed E-state index contributed by atoms with van der Waals surface area (Å²) in [5.41, 5.74) is 1.33. The molecule has 1 heterocycles. The van der Waals surface area contributed by atoms with E-state index in [1.165, 1.54) is 0 Å². The van der Waals surface area contributed by atoms with Crippen molar-refractivity contribution in [3.8, 4) is 0 Å². The van der Waals surface area contributed by atoms with E-state index in [-0.39, 0.29) is 44.6 Å². The Morgan fingerprint density at radius 1 is 1.08 bits per heavy atom. The van der Waals surface area contributed by atoms with Crippen molar-refractivity contribution < 1.29 is 29.1 Å². The Bertz CT molecular complexity index is 624. The first-order valence-corrected chi connectivity index (χ1v) is 7.56. The van der Waals surface area contributed by atoms with E-state index >= 15 is 0 Å². The first-order valence-electron chi connectivity index (χ1n) is 7.56. The van der Waals surface area contributed by atoms with Crippen molar-refractivity contribution in [1.29, 1.82) is 0 Å². The quantitative estimate of drug-likeness (QED) is 0.716. The molecular formula is C16H18N2O6. The van der Waals surface area contributed by atoms with Crippen LogP contribution in [-0.2, 0) is 30.6 Å². The summed E-state index contributed by atoms with van der Waals surface area (Å²) >= 11 is 0. The van der Waals surface area contributed by atoms with Gasteiger partial charge in [0.25, 0.3) is 11.8 Å². The fourth-order valence-corrected chi connectivity index (χ4v) is 2.12. The van der Waals surface area contributed by atoms with E-state index in [4.69, 9.17) is 9.94 Å². The van der Waals surface area contributed by atoms with Crippen LogP contribution in [0, 0.1) is 0 Å². The Morgan fingerprint density at radius 2 is 1.71 bits per heavy atom. The number of imide groups is 1. The molecule has 1 aromatic rings. The van der Waals surface area contributed by atoms with Crippen molar-refractivity contribution in [1.82, 2.24) is 5.06 Å². The number of carbonyl (C=O) groups is 4. The number of anilines is 1. The van der Waals surface area contributed by atoms with Gasteiger partial charge in [-0.15, -0.1) is 5.06 Å². The van der Waals surface area contributed by atoms with Gasteiger partial charge in [0.05, 0.1) is 6.61 Å². The van der Waals surface area contributed by atoms with Crippen LogP contribution < -0.4 is 5.32 Å². The highest BCUT2D eigenvalue weighted by Crippen LogP contribution is 2.14. The Hall–Kier alpha value is -2.74. The van der Waals surface area contributed by atoms with Gasteiger partial charge in [0.1, 0.15) is 0 Å². The van der Waals surface area contributed by atoms with Crippen LogP contribution in [0.1, 0.15) is 37.7 Å². The summed E-state index contributed by atoms with van der Waals surface area (Å²) < 4.78 is 0. The predicted octanol–water partition coefficient (Wildman–Crippen LogP) is 0.895. The zero-order chi connectivity index (χ0) is 17.5. The van der Waals surface area contributed by atoms with Gasteiger partial charge < -0.3 is 15.3 Å². The lowest BCUT2D eigenvalue weighted by Crippen LogP contribution is -2.32. The number of aliphatic hydroxyl groups excluding tert-OH is 1.